The molecule has 0 radical (unpaired) electrons. The van der Waals surface area contributed by atoms with E-state index >= 15 is 0 Å². The third-order valence-electron chi connectivity index (χ3n) is 3.98. The van der Waals surface area contributed by atoms with Crippen molar-refractivity contribution in [3.8, 4) is 5.75 Å². The van der Waals surface area contributed by atoms with Gasteiger partial charge in [-0.3, -0.25) is 9.69 Å². The molecule has 1 aliphatic heterocycles. The number of likely N-dealkylation sites (N-methyl/N-ethyl adjacent to an activating group) is 1. The van der Waals surface area contributed by atoms with Gasteiger partial charge in [0.05, 0.1) is 25.2 Å². The van der Waals surface area contributed by atoms with Crippen LogP contribution in [0.1, 0.15) is 6.42 Å². The van der Waals surface area contributed by atoms with Crippen molar-refractivity contribution in [1.82, 2.24) is 4.90 Å². The van der Waals surface area contributed by atoms with Gasteiger partial charge >= 0.3 is 0 Å². The van der Waals surface area contributed by atoms with Gasteiger partial charge in [-0.1, -0.05) is 0 Å². The molecule has 1 aromatic carbocycles. The van der Waals surface area contributed by atoms with Gasteiger partial charge in [-0.15, -0.1) is 0 Å². The second-order valence-electron chi connectivity index (χ2n) is 5.93. The lowest BCUT2D eigenvalue weighted by molar-refractivity contribution is -0.117. The number of sulfone groups is 1. The number of nitrogens with two attached hydrogens (primary N) is 1. The highest BCUT2D eigenvalue weighted by molar-refractivity contribution is 7.91. The molecule has 1 aliphatic rings. The van der Waals surface area contributed by atoms with E-state index in [0.29, 0.717) is 6.42 Å². The van der Waals surface area contributed by atoms with Crippen LogP contribution < -0.4 is 15.2 Å². The summed E-state index contributed by atoms with van der Waals surface area (Å²) in [6.45, 7) is -0.0169. The number of benzene rings is 1. The maximum absolute atomic E-state index is 12.1. The SMILES string of the molecule is COc1ccc(NC(=O)CN(C)[C@@H]2CCS(=O)(=O)C2)cc1S(N)(=O)=O. The number of amides is 1. The Balaban J connectivity index is 2.06. The zero-order valence-electron chi connectivity index (χ0n) is 13.9. The first-order valence-corrected chi connectivity index (χ1v) is 10.8. The van der Waals surface area contributed by atoms with Gasteiger partial charge in [0, 0.05) is 11.7 Å². The Labute approximate surface area is 147 Å². The zero-order valence-corrected chi connectivity index (χ0v) is 15.6. The highest BCUT2D eigenvalue weighted by atomic mass is 32.2. The molecule has 1 atom stereocenters. The number of nitrogens with one attached hydrogen (secondary N) is 1. The molecule has 9 nitrogen and oxygen atoms in total. The van der Waals surface area contributed by atoms with Crippen molar-refractivity contribution in [3.05, 3.63) is 18.2 Å². The van der Waals surface area contributed by atoms with Crippen molar-refractivity contribution in [2.45, 2.75) is 17.4 Å². The van der Waals surface area contributed by atoms with E-state index in [4.69, 9.17) is 9.88 Å². The van der Waals surface area contributed by atoms with Crippen molar-refractivity contribution in [1.29, 1.82) is 0 Å². The molecule has 25 heavy (non-hydrogen) atoms. The minimum Gasteiger partial charge on any atom is -0.495 e. The molecular formula is C14H21N3O6S2. The van der Waals surface area contributed by atoms with E-state index in [2.05, 4.69) is 5.32 Å². The number of rotatable bonds is 6. The van der Waals surface area contributed by atoms with Crippen molar-refractivity contribution in [2.24, 2.45) is 5.14 Å². The summed E-state index contributed by atoms with van der Waals surface area (Å²) in [5.41, 5.74) is 0.252. The molecule has 1 saturated heterocycles. The van der Waals surface area contributed by atoms with Crippen LogP contribution in [0.15, 0.2) is 23.1 Å². The van der Waals surface area contributed by atoms with Gasteiger partial charge in [-0.2, -0.15) is 0 Å². The lowest BCUT2D eigenvalue weighted by atomic mass is 10.2. The summed E-state index contributed by atoms with van der Waals surface area (Å²) < 4.78 is 51.1. The predicted octanol–water partition coefficient (Wildman–Crippen LogP) is -0.600. The third-order valence-corrected chi connectivity index (χ3v) is 6.66. The Bertz CT molecular complexity index is 867. The van der Waals surface area contributed by atoms with Crippen LogP contribution in [0.2, 0.25) is 0 Å². The van der Waals surface area contributed by atoms with E-state index in [9.17, 15) is 21.6 Å². The summed E-state index contributed by atoms with van der Waals surface area (Å²) in [5.74, 6) is -0.152. The van der Waals surface area contributed by atoms with E-state index < -0.39 is 25.8 Å². The lowest BCUT2D eigenvalue weighted by Crippen LogP contribution is -2.38. The van der Waals surface area contributed by atoms with E-state index in [1.807, 2.05) is 0 Å². The Morgan fingerprint density at radius 2 is 2.12 bits per heavy atom. The standard InChI is InChI=1S/C14H21N3O6S2/c1-17(11-5-6-24(19,20)9-11)8-14(18)16-10-3-4-12(23-2)13(7-10)25(15,21)22/h3-4,7,11H,5-6,8-9H2,1-2H3,(H,16,18)(H2,15,21,22)/t11-/m1/s1. The number of methoxy groups -OCH3 is 1. The molecule has 1 aromatic rings. The van der Waals surface area contributed by atoms with Crippen LogP contribution in [0.5, 0.6) is 5.75 Å². The highest BCUT2D eigenvalue weighted by Crippen LogP contribution is 2.26. The van der Waals surface area contributed by atoms with Gasteiger partial charge in [0.15, 0.2) is 9.84 Å². The summed E-state index contributed by atoms with van der Waals surface area (Å²) in [4.78, 5) is 13.6. The largest absolute Gasteiger partial charge is 0.495 e. The molecule has 0 unspecified atom stereocenters. The van der Waals surface area contributed by atoms with Crippen molar-refractivity contribution in [2.75, 3.05) is 37.5 Å². The maximum atomic E-state index is 12.1. The summed E-state index contributed by atoms with van der Waals surface area (Å²) in [6.07, 6.45) is 0.490. The molecule has 0 bridgehead atoms. The first kappa shape index (κ1) is 19.6. The first-order chi connectivity index (χ1) is 11.5. The molecule has 0 spiro atoms. The fourth-order valence-electron chi connectivity index (χ4n) is 2.66. The predicted molar refractivity (Wildman–Crippen MR) is 92.7 cm³/mol. The lowest BCUT2D eigenvalue weighted by Gasteiger charge is -2.22. The van der Waals surface area contributed by atoms with Gasteiger partial charge in [0.25, 0.3) is 0 Å². The summed E-state index contributed by atoms with van der Waals surface area (Å²) in [6, 6.07) is 3.90. The Morgan fingerprint density at radius 3 is 2.64 bits per heavy atom. The number of hydrogen-bond donors (Lipinski definition) is 2. The first-order valence-electron chi connectivity index (χ1n) is 7.43. The molecule has 0 aromatic heterocycles. The molecule has 0 saturated carbocycles. The zero-order chi connectivity index (χ0) is 18.8. The summed E-state index contributed by atoms with van der Waals surface area (Å²) in [7, 11) is -4.05. The van der Waals surface area contributed by atoms with Crippen LogP contribution in [0, 0.1) is 0 Å². The smallest absolute Gasteiger partial charge is 0.241 e. The van der Waals surface area contributed by atoms with Gasteiger partial charge in [0.1, 0.15) is 10.6 Å². The number of sulfonamides is 1. The molecular weight excluding hydrogens is 370 g/mol. The minimum atomic E-state index is -4.01. The Morgan fingerprint density at radius 1 is 1.44 bits per heavy atom. The number of nitrogens with zero attached hydrogens (tertiary/aromatic N) is 1. The molecule has 2 rings (SSSR count). The number of primary sulfonamides is 1. The van der Waals surface area contributed by atoms with Gasteiger partial charge in [-0.05, 0) is 31.7 Å². The highest BCUT2D eigenvalue weighted by Gasteiger charge is 2.31. The molecule has 1 heterocycles. The van der Waals surface area contributed by atoms with Crippen LogP contribution in [0.3, 0.4) is 0 Å². The average Bonchev–Trinajstić information content (AvgIpc) is 2.86. The van der Waals surface area contributed by atoms with Crippen LogP contribution >= 0.6 is 0 Å². The second kappa shape index (κ2) is 7.28. The molecule has 3 N–H and O–H groups in total. The second-order valence-corrected chi connectivity index (χ2v) is 9.69. The van der Waals surface area contributed by atoms with Gasteiger partial charge in [-0.25, -0.2) is 22.0 Å². The minimum absolute atomic E-state index is 0.0169. The van der Waals surface area contributed by atoms with E-state index in [1.54, 1.807) is 11.9 Å². The Hall–Kier alpha value is -1.69. The molecule has 1 fully saturated rings. The number of carbonyl (C=O) groups excluding carboxylic acids is 1. The Kier molecular flexibility index (Phi) is 5.72. The third kappa shape index (κ3) is 5.14. The van der Waals surface area contributed by atoms with Crippen molar-refractivity contribution in [3.63, 3.8) is 0 Å². The molecule has 140 valence electrons. The van der Waals surface area contributed by atoms with Crippen LogP contribution in [-0.2, 0) is 24.7 Å². The van der Waals surface area contributed by atoms with Gasteiger partial charge in [0.2, 0.25) is 15.9 Å². The molecule has 11 heteroatoms. The van der Waals surface area contributed by atoms with Crippen LogP contribution in [0.4, 0.5) is 5.69 Å². The number of hydrogen-bond acceptors (Lipinski definition) is 7. The monoisotopic (exact) mass is 391 g/mol. The normalized spacial score (nSPS) is 19.8. The summed E-state index contributed by atoms with van der Waals surface area (Å²) >= 11 is 0. The topological polar surface area (TPSA) is 136 Å². The summed E-state index contributed by atoms with van der Waals surface area (Å²) in [5, 5.41) is 7.71. The quantitative estimate of drug-likeness (QED) is 0.661. The average molecular weight is 391 g/mol. The molecule has 0 aliphatic carbocycles. The van der Waals surface area contributed by atoms with E-state index in [1.165, 1.54) is 25.3 Å². The molecule has 1 amide bonds. The van der Waals surface area contributed by atoms with Gasteiger partial charge < -0.3 is 10.1 Å². The fourth-order valence-corrected chi connectivity index (χ4v) is 5.18. The van der Waals surface area contributed by atoms with Crippen molar-refractivity contribution >= 4 is 31.5 Å². The van der Waals surface area contributed by atoms with Crippen LogP contribution in [0.25, 0.3) is 0 Å². The number of anilines is 1. The number of carbonyl (C=O) groups is 1. The van der Waals surface area contributed by atoms with E-state index in [0.717, 1.165) is 0 Å². The van der Waals surface area contributed by atoms with Crippen LogP contribution in [-0.4, -0.2) is 65.9 Å². The van der Waals surface area contributed by atoms with E-state index in [-0.39, 0.29) is 40.4 Å². The van der Waals surface area contributed by atoms with Crippen molar-refractivity contribution < 1.29 is 26.4 Å². The maximum Gasteiger partial charge on any atom is 0.241 e. The number of ether oxygens (including phenoxy) is 1. The fraction of sp³-hybridized carbons (Fsp3) is 0.500.